The van der Waals surface area contributed by atoms with Crippen molar-refractivity contribution in [3.63, 3.8) is 0 Å². The van der Waals surface area contributed by atoms with Crippen LogP contribution in [0.15, 0.2) is 24.0 Å². The van der Waals surface area contributed by atoms with Crippen LogP contribution in [0.3, 0.4) is 0 Å². The first kappa shape index (κ1) is 16.1. The summed E-state index contributed by atoms with van der Waals surface area (Å²) in [7, 11) is 0. The molecule has 0 aromatic heterocycles. The van der Waals surface area contributed by atoms with Gasteiger partial charge < -0.3 is 14.6 Å². The van der Waals surface area contributed by atoms with Gasteiger partial charge in [0.15, 0.2) is 5.79 Å². The summed E-state index contributed by atoms with van der Waals surface area (Å²) in [5.41, 5.74) is 1.32. The van der Waals surface area contributed by atoms with Crippen LogP contribution in [-0.2, 0) is 9.47 Å². The fourth-order valence-corrected chi connectivity index (χ4v) is 5.27. The minimum atomic E-state index is -0.471. The van der Waals surface area contributed by atoms with Crippen LogP contribution < -0.4 is 0 Å². The fourth-order valence-electron chi connectivity index (χ4n) is 5.27. The van der Waals surface area contributed by atoms with Crippen LogP contribution in [0.5, 0.6) is 0 Å². The van der Waals surface area contributed by atoms with Gasteiger partial charge in [0, 0.05) is 18.8 Å². The summed E-state index contributed by atoms with van der Waals surface area (Å²) in [6, 6.07) is 0. The maximum Gasteiger partial charge on any atom is 0.172 e. The van der Waals surface area contributed by atoms with Crippen molar-refractivity contribution in [2.24, 2.45) is 23.2 Å². The largest absolute Gasteiger partial charge is 0.512 e. The number of hydrogen-bond donors (Lipinski definition) is 1. The topological polar surface area (TPSA) is 38.7 Å². The zero-order valence-corrected chi connectivity index (χ0v) is 14.2. The maximum absolute atomic E-state index is 10.6. The lowest BCUT2D eigenvalue weighted by atomic mass is 9.66. The predicted octanol–water partition coefficient (Wildman–Crippen LogP) is 4.60. The molecule has 3 nitrogen and oxygen atoms in total. The summed E-state index contributed by atoms with van der Waals surface area (Å²) in [6.07, 6.45) is 6.40. The molecule has 1 heterocycles. The zero-order valence-electron chi connectivity index (χ0n) is 14.2. The number of fused-ring (bicyclic) bond motifs is 2. The van der Waals surface area contributed by atoms with Gasteiger partial charge in [0.25, 0.3) is 0 Å². The molecule has 3 atom stereocenters. The second-order valence-corrected chi connectivity index (χ2v) is 7.87. The van der Waals surface area contributed by atoms with E-state index in [4.69, 9.17) is 9.47 Å². The van der Waals surface area contributed by atoms with E-state index in [2.05, 4.69) is 27.4 Å². The van der Waals surface area contributed by atoms with Crippen LogP contribution in [0.2, 0.25) is 0 Å². The number of aliphatic hydroxyl groups is 1. The van der Waals surface area contributed by atoms with E-state index in [-0.39, 0.29) is 11.3 Å². The van der Waals surface area contributed by atoms with Crippen molar-refractivity contribution in [1.29, 1.82) is 0 Å². The number of hydrogen-bond acceptors (Lipinski definition) is 3. The normalized spacial score (nSPS) is 37.6. The van der Waals surface area contributed by atoms with Gasteiger partial charge in [-0.2, -0.15) is 0 Å². The summed E-state index contributed by atoms with van der Waals surface area (Å²) >= 11 is 0. The third kappa shape index (κ3) is 2.33. The molecule has 1 spiro atoms. The summed E-state index contributed by atoms with van der Waals surface area (Å²) in [5.74, 6) is 1.50. The Morgan fingerprint density at radius 1 is 1.36 bits per heavy atom. The van der Waals surface area contributed by atoms with Crippen molar-refractivity contribution in [3.05, 3.63) is 24.0 Å². The van der Waals surface area contributed by atoms with Crippen molar-refractivity contribution >= 4 is 0 Å². The Bertz CT molecular complexity index is 473. The summed E-state index contributed by atoms with van der Waals surface area (Å²) < 4.78 is 12.3. The molecule has 1 saturated carbocycles. The lowest BCUT2D eigenvalue weighted by Crippen LogP contribution is -2.40. The quantitative estimate of drug-likeness (QED) is 0.774. The van der Waals surface area contributed by atoms with Crippen molar-refractivity contribution in [3.8, 4) is 0 Å². The van der Waals surface area contributed by atoms with E-state index in [1.807, 2.05) is 6.08 Å². The van der Waals surface area contributed by atoms with E-state index in [9.17, 15) is 5.11 Å². The van der Waals surface area contributed by atoms with Crippen LogP contribution in [0, 0.1) is 23.2 Å². The van der Waals surface area contributed by atoms with Gasteiger partial charge in [-0.1, -0.05) is 26.8 Å². The van der Waals surface area contributed by atoms with Crippen LogP contribution >= 0.6 is 0 Å². The molecule has 1 aliphatic heterocycles. The molecule has 3 rings (SSSR count). The van der Waals surface area contributed by atoms with Gasteiger partial charge in [-0.05, 0) is 42.1 Å². The second kappa shape index (κ2) is 5.68. The highest BCUT2D eigenvalue weighted by Crippen LogP contribution is 2.63. The van der Waals surface area contributed by atoms with Gasteiger partial charge in [0.1, 0.15) is 0 Å². The lowest BCUT2D eigenvalue weighted by molar-refractivity contribution is -0.194. The molecular formula is C19H30O3. The highest BCUT2D eigenvalue weighted by Gasteiger charge is 2.63. The summed E-state index contributed by atoms with van der Waals surface area (Å²) in [5, 5.41) is 10.6. The highest BCUT2D eigenvalue weighted by atomic mass is 16.7. The van der Waals surface area contributed by atoms with E-state index < -0.39 is 5.79 Å². The number of ether oxygens (including phenoxy) is 2. The summed E-state index contributed by atoms with van der Waals surface area (Å²) in [4.78, 5) is 0. The standard InChI is InChI=1S/C19H30O3/c1-5-6-14-7-8-18(4)15(13(2)3)12-19(21-9-10-22-19)17(18)11-16(14)20/h5,13,15,17,20H,1,6-12H2,2-4H3/t15-,17+,18-/m1/s1. The number of aliphatic hydroxyl groups excluding tert-OH is 1. The molecule has 124 valence electrons. The Balaban J connectivity index is 1.98. The second-order valence-electron chi connectivity index (χ2n) is 7.87. The molecule has 1 N–H and O–H groups in total. The Morgan fingerprint density at radius 3 is 2.64 bits per heavy atom. The minimum absolute atomic E-state index is 0.162. The first-order valence-electron chi connectivity index (χ1n) is 8.71. The van der Waals surface area contributed by atoms with Crippen LogP contribution in [0.25, 0.3) is 0 Å². The molecule has 2 aliphatic carbocycles. The lowest BCUT2D eigenvalue weighted by Gasteiger charge is -2.39. The van der Waals surface area contributed by atoms with E-state index >= 15 is 0 Å². The van der Waals surface area contributed by atoms with Crippen molar-refractivity contribution in [1.82, 2.24) is 0 Å². The molecule has 0 bridgehead atoms. The zero-order chi connectivity index (χ0) is 16.0. The van der Waals surface area contributed by atoms with E-state index in [1.54, 1.807) is 0 Å². The molecular weight excluding hydrogens is 276 g/mol. The predicted molar refractivity (Wildman–Crippen MR) is 87.5 cm³/mol. The number of rotatable bonds is 3. The molecule has 0 aromatic rings. The van der Waals surface area contributed by atoms with E-state index in [0.717, 1.165) is 31.3 Å². The monoisotopic (exact) mass is 306 g/mol. The average molecular weight is 306 g/mol. The van der Waals surface area contributed by atoms with Crippen LogP contribution in [0.4, 0.5) is 0 Å². The van der Waals surface area contributed by atoms with Crippen LogP contribution in [-0.4, -0.2) is 24.1 Å². The number of allylic oxidation sites excluding steroid dienone is 3. The Labute approximate surface area is 134 Å². The SMILES string of the molecule is C=CCC1=C(O)C[C@@H]2C3(C[C@H](C(C)C)[C@@]2(C)CC1)OCCO3. The summed E-state index contributed by atoms with van der Waals surface area (Å²) in [6.45, 7) is 12.2. The van der Waals surface area contributed by atoms with Gasteiger partial charge in [0.05, 0.1) is 19.0 Å². The first-order chi connectivity index (χ1) is 10.4. The molecule has 3 heteroatoms. The first-order valence-corrected chi connectivity index (χ1v) is 8.71. The highest BCUT2D eigenvalue weighted by molar-refractivity contribution is 5.20. The molecule has 0 radical (unpaired) electrons. The Hall–Kier alpha value is -0.800. The van der Waals surface area contributed by atoms with E-state index in [1.165, 1.54) is 0 Å². The van der Waals surface area contributed by atoms with Crippen LogP contribution in [0.1, 0.15) is 52.9 Å². The van der Waals surface area contributed by atoms with Gasteiger partial charge in [-0.15, -0.1) is 6.58 Å². The Morgan fingerprint density at radius 2 is 2.05 bits per heavy atom. The van der Waals surface area contributed by atoms with Gasteiger partial charge in [0.2, 0.25) is 0 Å². The van der Waals surface area contributed by atoms with Gasteiger partial charge >= 0.3 is 0 Å². The van der Waals surface area contributed by atoms with E-state index in [0.29, 0.717) is 37.2 Å². The molecule has 0 amide bonds. The molecule has 0 unspecified atom stereocenters. The van der Waals surface area contributed by atoms with Gasteiger partial charge in [-0.25, -0.2) is 0 Å². The van der Waals surface area contributed by atoms with Crippen molar-refractivity contribution < 1.29 is 14.6 Å². The molecule has 1 saturated heterocycles. The maximum atomic E-state index is 10.6. The molecule has 0 aromatic carbocycles. The average Bonchev–Trinajstić information content (AvgIpc) is 2.99. The molecule has 3 aliphatic rings. The fraction of sp³-hybridized carbons (Fsp3) is 0.789. The smallest absolute Gasteiger partial charge is 0.172 e. The Kier molecular flexibility index (Phi) is 4.15. The third-order valence-electron chi connectivity index (χ3n) is 6.42. The molecule has 2 fully saturated rings. The molecule has 22 heavy (non-hydrogen) atoms. The van der Waals surface area contributed by atoms with Crippen molar-refractivity contribution in [2.45, 2.75) is 58.7 Å². The third-order valence-corrected chi connectivity index (χ3v) is 6.42. The minimum Gasteiger partial charge on any atom is -0.512 e. The van der Waals surface area contributed by atoms with Gasteiger partial charge in [-0.3, -0.25) is 0 Å². The van der Waals surface area contributed by atoms with Crippen molar-refractivity contribution in [2.75, 3.05) is 13.2 Å².